The minimum Gasteiger partial charge on any atom is -0.356 e. The molecule has 0 spiro atoms. The van der Waals surface area contributed by atoms with Gasteiger partial charge in [-0.1, -0.05) is 18.8 Å². The van der Waals surface area contributed by atoms with Crippen molar-refractivity contribution in [1.82, 2.24) is 10.6 Å². The molecule has 1 aromatic rings. The summed E-state index contributed by atoms with van der Waals surface area (Å²) in [5.74, 6) is 5.38. The fraction of sp³-hybridized carbons (Fsp3) is 0.429. The molecule has 20 heavy (non-hydrogen) atoms. The van der Waals surface area contributed by atoms with Crippen LogP contribution in [0.3, 0.4) is 0 Å². The highest BCUT2D eigenvalue weighted by atomic mass is 32.1. The maximum absolute atomic E-state index is 11.8. The number of nitrogens with one attached hydrogen (secondary N) is 2. The van der Waals surface area contributed by atoms with Crippen LogP contribution in [0.1, 0.15) is 35.0 Å². The van der Waals surface area contributed by atoms with Crippen molar-refractivity contribution in [2.75, 3.05) is 19.6 Å². The van der Waals surface area contributed by atoms with Crippen molar-refractivity contribution in [1.29, 1.82) is 0 Å². The topological polar surface area (TPSA) is 84.2 Å². The van der Waals surface area contributed by atoms with Crippen molar-refractivity contribution in [2.24, 2.45) is 5.73 Å². The molecular formula is C14H19N3O2S. The number of hydrogen-bond acceptors (Lipinski definition) is 4. The van der Waals surface area contributed by atoms with Gasteiger partial charge in [0.2, 0.25) is 5.91 Å². The van der Waals surface area contributed by atoms with Gasteiger partial charge in [0.05, 0.1) is 17.0 Å². The normalized spacial score (nSPS) is 9.50. The van der Waals surface area contributed by atoms with Gasteiger partial charge in [-0.15, -0.1) is 11.3 Å². The Balaban J connectivity index is 2.36. The maximum atomic E-state index is 11.8. The van der Waals surface area contributed by atoms with E-state index in [-0.39, 0.29) is 18.2 Å². The average molecular weight is 293 g/mol. The van der Waals surface area contributed by atoms with Crippen molar-refractivity contribution < 1.29 is 9.59 Å². The molecule has 1 aromatic heterocycles. The van der Waals surface area contributed by atoms with Crippen LogP contribution in [0.4, 0.5) is 0 Å². The minimum atomic E-state index is -0.190. The fourth-order valence-electron chi connectivity index (χ4n) is 1.40. The summed E-state index contributed by atoms with van der Waals surface area (Å²) >= 11 is 1.40. The third kappa shape index (κ3) is 5.87. The van der Waals surface area contributed by atoms with Crippen LogP contribution in [-0.4, -0.2) is 31.4 Å². The van der Waals surface area contributed by atoms with E-state index in [1.807, 2.05) is 6.92 Å². The van der Waals surface area contributed by atoms with Gasteiger partial charge in [0.15, 0.2) is 0 Å². The second-order valence-corrected chi connectivity index (χ2v) is 4.97. The summed E-state index contributed by atoms with van der Waals surface area (Å²) in [6.45, 7) is 3.28. The van der Waals surface area contributed by atoms with Gasteiger partial charge >= 0.3 is 0 Å². The number of amides is 2. The van der Waals surface area contributed by atoms with E-state index in [1.54, 1.807) is 11.4 Å². The molecular weight excluding hydrogens is 274 g/mol. The number of carbonyl (C=O) groups is 2. The molecule has 0 saturated heterocycles. The van der Waals surface area contributed by atoms with E-state index in [2.05, 4.69) is 22.5 Å². The Hall–Kier alpha value is -1.84. The standard InChI is InChI=1S/C14H19N3O2S/c1-2-7-16-13(18)5-8-17-14(19)11-9-12(20-10-11)4-3-6-15/h9-10H,2,5-8,15H2,1H3,(H,16,18)(H,17,19). The van der Waals surface area contributed by atoms with Crippen LogP contribution in [0.15, 0.2) is 11.4 Å². The number of carbonyl (C=O) groups excluding carboxylic acids is 2. The van der Waals surface area contributed by atoms with Gasteiger partial charge < -0.3 is 16.4 Å². The lowest BCUT2D eigenvalue weighted by molar-refractivity contribution is -0.120. The smallest absolute Gasteiger partial charge is 0.252 e. The van der Waals surface area contributed by atoms with Gasteiger partial charge in [0, 0.05) is 24.9 Å². The summed E-state index contributed by atoms with van der Waals surface area (Å²) in [6, 6.07) is 1.72. The molecule has 0 fully saturated rings. The molecule has 5 nitrogen and oxygen atoms in total. The third-order valence-electron chi connectivity index (χ3n) is 2.39. The van der Waals surface area contributed by atoms with Crippen molar-refractivity contribution in [3.63, 3.8) is 0 Å². The SMILES string of the molecule is CCCNC(=O)CCNC(=O)c1csc(C#CCN)c1. The van der Waals surface area contributed by atoms with E-state index in [9.17, 15) is 9.59 Å². The van der Waals surface area contributed by atoms with E-state index in [0.29, 0.717) is 25.2 Å². The zero-order valence-corrected chi connectivity index (χ0v) is 12.3. The Morgan fingerprint density at radius 2 is 2.15 bits per heavy atom. The summed E-state index contributed by atoms with van der Waals surface area (Å²) in [7, 11) is 0. The Morgan fingerprint density at radius 3 is 2.85 bits per heavy atom. The summed E-state index contributed by atoms with van der Waals surface area (Å²) in [5, 5.41) is 7.21. The zero-order valence-electron chi connectivity index (χ0n) is 11.5. The van der Waals surface area contributed by atoms with E-state index in [0.717, 1.165) is 11.3 Å². The van der Waals surface area contributed by atoms with Crippen molar-refractivity contribution in [2.45, 2.75) is 19.8 Å². The molecule has 0 radical (unpaired) electrons. The van der Waals surface area contributed by atoms with Gasteiger partial charge in [-0.05, 0) is 12.5 Å². The lowest BCUT2D eigenvalue weighted by Gasteiger charge is -2.04. The van der Waals surface area contributed by atoms with Crippen LogP contribution in [0.2, 0.25) is 0 Å². The first kappa shape index (κ1) is 16.2. The molecule has 0 aliphatic carbocycles. The van der Waals surface area contributed by atoms with Crippen LogP contribution in [-0.2, 0) is 4.79 Å². The van der Waals surface area contributed by atoms with E-state index in [4.69, 9.17) is 5.73 Å². The molecule has 2 amide bonds. The number of rotatable bonds is 6. The highest BCUT2D eigenvalue weighted by Crippen LogP contribution is 2.13. The first-order valence-corrected chi connectivity index (χ1v) is 7.37. The van der Waals surface area contributed by atoms with Gasteiger partial charge in [-0.2, -0.15) is 0 Å². The minimum absolute atomic E-state index is 0.0491. The molecule has 4 N–H and O–H groups in total. The molecule has 6 heteroatoms. The number of thiophene rings is 1. The van der Waals surface area contributed by atoms with Crippen LogP contribution in [0.25, 0.3) is 0 Å². The molecule has 0 atom stereocenters. The molecule has 0 aliphatic rings. The van der Waals surface area contributed by atoms with Crippen molar-refractivity contribution in [3.8, 4) is 11.8 Å². The van der Waals surface area contributed by atoms with E-state index in [1.165, 1.54) is 11.3 Å². The predicted octanol–water partition coefficient (Wildman–Crippen LogP) is 0.704. The first-order valence-electron chi connectivity index (χ1n) is 6.49. The lowest BCUT2D eigenvalue weighted by atomic mass is 10.3. The van der Waals surface area contributed by atoms with Gasteiger partial charge in [0.1, 0.15) is 0 Å². The average Bonchev–Trinajstić information content (AvgIpc) is 2.91. The highest BCUT2D eigenvalue weighted by Gasteiger charge is 2.08. The Morgan fingerprint density at radius 1 is 1.35 bits per heavy atom. The van der Waals surface area contributed by atoms with Crippen molar-refractivity contribution in [3.05, 3.63) is 21.9 Å². The number of hydrogen-bond donors (Lipinski definition) is 3. The van der Waals surface area contributed by atoms with Gasteiger partial charge in [-0.25, -0.2) is 0 Å². The van der Waals surface area contributed by atoms with Crippen LogP contribution < -0.4 is 16.4 Å². The molecule has 0 saturated carbocycles. The summed E-state index contributed by atoms with van der Waals surface area (Å²) in [4.78, 5) is 24.0. The molecule has 108 valence electrons. The maximum Gasteiger partial charge on any atom is 0.252 e. The zero-order chi connectivity index (χ0) is 14.8. The molecule has 0 aliphatic heterocycles. The van der Waals surface area contributed by atoms with Gasteiger partial charge in [0.25, 0.3) is 5.91 Å². The molecule has 1 heterocycles. The summed E-state index contributed by atoms with van der Waals surface area (Å²) in [6.07, 6.45) is 1.19. The van der Waals surface area contributed by atoms with Crippen molar-refractivity contribution >= 4 is 23.2 Å². The van der Waals surface area contributed by atoms with Crippen LogP contribution in [0, 0.1) is 11.8 Å². The van der Waals surface area contributed by atoms with Crippen LogP contribution in [0.5, 0.6) is 0 Å². The van der Waals surface area contributed by atoms with Gasteiger partial charge in [-0.3, -0.25) is 9.59 Å². The summed E-state index contributed by atoms with van der Waals surface area (Å²) in [5.41, 5.74) is 5.85. The van der Waals surface area contributed by atoms with E-state index >= 15 is 0 Å². The quantitative estimate of drug-likeness (QED) is 0.675. The van der Waals surface area contributed by atoms with E-state index < -0.39 is 0 Å². The summed E-state index contributed by atoms with van der Waals surface area (Å²) < 4.78 is 0. The largest absolute Gasteiger partial charge is 0.356 e. The Labute approximate surface area is 122 Å². The van der Waals surface area contributed by atoms with Crippen LogP contribution >= 0.6 is 11.3 Å². The molecule has 1 rings (SSSR count). The first-order chi connectivity index (χ1) is 9.67. The third-order valence-corrected chi connectivity index (χ3v) is 3.23. The monoisotopic (exact) mass is 293 g/mol. The Kier molecular flexibility index (Phi) is 7.40. The molecule has 0 unspecified atom stereocenters. The predicted molar refractivity (Wildman–Crippen MR) is 80.5 cm³/mol. The number of nitrogens with two attached hydrogens (primary N) is 1. The molecule has 0 bridgehead atoms. The lowest BCUT2D eigenvalue weighted by Crippen LogP contribution is -2.30. The molecule has 0 aromatic carbocycles. The second-order valence-electron chi connectivity index (χ2n) is 4.06. The highest BCUT2D eigenvalue weighted by molar-refractivity contribution is 7.10. The Bertz CT molecular complexity index is 514. The second kappa shape index (κ2) is 9.13. The fourth-order valence-corrected chi connectivity index (χ4v) is 2.16.